The molecule has 1 aromatic heterocycles. The minimum absolute atomic E-state index is 0.0200. The van der Waals surface area contributed by atoms with Crippen LogP contribution in [0.2, 0.25) is 0 Å². The summed E-state index contributed by atoms with van der Waals surface area (Å²) in [5.41, 5.74) is 0.869. The fourth-order valence-electron chi connectivity index (χ4n) is 1.62. The van der Waals surface area contributed by atoms with Gasteiger partial charge in [-0.15, -0.1) is 0 Å². The topological polar surface area (TPSA) is 29.9 Å². The minimum Gasteiger partial charge on any atom is -0.306 e. The van der Waals surface area contributed by atoms with E-state index in [0.717, 1.165) is 11.8 Å². The summed E-state index contributed by atoms with van der Waals surface area (Å²) >= 11 is 0. The average Bonchev–Trinajstić information content (AvgIpc) is 2.78. The smallest absolute Gasteiger partial charge is 0.184 e. The number of rotatable bonds is 3. The van der Waals surface area contributed by atoms with E-state index in [2.05, 4.69) is 31.2 Å². The van der Waals surface area contributed by atoms with E-state index in [1.807, 2.05) is 0 Å². The van der Waals surface area contributed by atoms with E-state index in [0.29, 0.717) is 6.54 Å². The third-order valence-electron chi connectivity index (χ3n) is 2.62. The molecule has 0 spiro atoms. The molecule has 0 amide bonds. The molecule has 2 rings (SSSR count). The highest BCUT2D eigenvalue weighted by Gasteiger charge is 2.12. The molecule has 0 aliphatic carbocycles. The van der Waals surface area contributed by atoms with Gasteiger partial charge in [-0.1, -0.05) is 6.07 Å². The summed E-state index contributed by atoms with van der Waals surface area (Å²) in [5, 5.41) is 7.52. The second-order valence-electron chi connectivity index (χ2n) is 5.43. The monoisotopic (exact) mass is 265 g/mol. The van der Waals surface area contributed by atoms with Crippen molar-refractivity contribution in [3.8, 4) is 5.69 Å². The van der Waals surface area contributed by atoms with Gasteiger partial charge in [0.1, 0.15) is 5.69 Å². The van der Waals surface area contributed by atoms with E-state index >= 15 is 0 Å². The first-order valence-corrected chi connectivity index (χ1v) is 6.11. The van der Waals surface area contributed by atoms with Crippen molar-refractivity contribution in [1.29, 1.82) is 0 Å². The molecule has 3 nitrogen and oxygen atoms in total. The van der Waals surface area contributed by atoms with Crippen molar-refractivity contribution in [3.05, 3.63) is 47.8 Å². The fourth-order valence-corrected chi connectivity index (χ4v) is 1.62. The summed E-state index contributed by atoms with van der Waals surface area (Å²) in [6.07, 6.45) is 1.62. The van der Waals surface area contributed by atoms with E-state index < -0.39 is 11.6 Å². The van der Waals surface area contributed by atoms with Crippen LogP contribution in [0.25, 0.3) is 5.69 Å². The quantitative estimate of drug-likeness (QED) is 0.924. The SMILES string of the molecule is CC(C)(C)NCc1ccn(-c2cccc(F)c2F)n1. The zero-order chi connectivity index (χ0) is 14.0. The third kappa shape index (κ3) is 3.38. The largest absolute Gasteiger partial charge is 0.306 e. The lowest BCUT2D eigenvalue weighted by atomic mass is 10.1. The molecule has 1 N–H and O–H groups in total. The zero-order valence-corrected chi connectivity index (χ0v) is 11.2. The van der Waals surface area contributed by atoms with E-state index in [1.54, 1.807) is 12.3 Å². The van der Waals surface area contributed by atoms with Crippen molar-refractivity contribution in [2.75, 3.05) is 0 Å². The van der Waals surface area contributed by atoms with Gasteiger partial charge in [-0.25, -0.2) is 13.5 Å². The second kappa shape index (κ2) is 5.09. The van der Waals surface area contributed by atoms with Crippen molar-refractivity contribution in [1.82, 2.24) is 15.1 Å². The van der Waals surface area contributed by atoms with Gasteiger partial charge in [0.15, 0.2) is 11.6 Å². The van der Waals surface area contributed by atoms with Crippen molar-refractivity contribution in [3.63, 3.8) is 0 Å². The Morgan fingerprint density at radius 2 is 1.95 bits per heavy atom. The lowest BCUT2D eigenvalue weighted by molar-refractivity contribution is 0.420. The van der Waals surface area contributed by atoms with E-state index in [9.17, 15) is 8.78 Å². The maximum atomic E-state index is 13.6. The number of nitrogens with one attached hydrogen (secondary N) is 1. The average molecular weight is 265 g/mol. The molecule has 0 aliphatic heterocycles. The normalized spacial score (nSPS) is 11.8. The highest BCUT2D eigenvalue weighted by molar-refractivity contribution is 5.33. The summed E-state index contributed by atoms with van der Waals surface area (Å²) in [4.78, 5) is 0. The third-order valence-corrected chi connectivity index (χ3v) is 2.62. The molecule has 1 aromatic carbocycles. The van der Waals surface area contributed by atoms with Gasteiger partial charge in [0, 0.05) is 18.3 Å². The molecular formula is C14H17F2N3. The fraction of sp³-hybridized carbons (Fsp3) is 0.357. The lowest BCUT2D eigenvalue weighted by Crippen LogP contribution is -2.35. The molecule has 2 aromatic rings. The number of aromatic nitrogens is 2. The van der Waals surface area contributed by atoms with Crippen LogP contribution in [0.1, 0.15) is 26.5 Å². The predicted octanol–water partition coefficient (Wildman–Crippen LogP) is 3.04. The van der Waals surface area contributed by atoms with Gasteiger partial charge in [-0.3, -0.25) is 0 Å². The molecular weight excluding hydrogens is 248 g/mol. The maximum absolute atomic E-state index is 13.6. The molecule has 0 fully saturated rings. The summed E-state index contributed by atoms with van der Waals surface area (Å²) < 4.78 is 28.1. The highest BCUT2D eigenvalue weighted by Crippen LogP contribution is 2.15. The molecule has 1 heterocycles. The Labute approximate surface area is 111 Å². The first-order valence-electron chi connectivity index (χ1n) is 6.11. The standard InChI is InChI=1S/C14H17F2N3/c1-14(2,3)17-9-10-7-8-19(18-10)12-6-4-5-11(15)13(12)16/h4-8,17H,9H2,1-3H3. The highest BCUT2D eigenvalue weighted by atomic mass is 19.2. The number of hydrogen-bond acceptors (Lipinski definition) is 2. The van der Waals surface area contributed by atoms with Crippen LogP contribution in [-0.2, 0) is 6.54 Å². The summed E-state index contributed by atoms with van der Waals surface area (Å²) in [5.74, 6) is -1.76. The van der Waals surface area contributed by atoms with Crippen LogP contribution in [0.15, 0.2) is 30.5 Å². The maximum Gasteiger partial charge on any atom is 0.184 e. The van der Waals surface area contributed by atoms with Gasteiger partial charge in [-0.2, -0.15) is 5.10 Å². The van der Waals surface area contributed by atoms with Crippen molar-refractivity contribution >= 4 is 0 Å². The molecule has 19 heavy (non-hydrogen) atoms. The van der Waals surface area contributed by atoms with Crippen LogP contribution in [-0.4, -0.2) is 15.3 Å². The Balaban J connectivity index is 2.19. The molecule has 0 radical (unpaired) electrons. The molecule has 5 heteroatoms. The van der Waals surface area contributed by atoms with Crippen molar-refractivity contribution < 1.29 is 8.78 Å². The number of halogens is 2. The van der Waals surface area contributed by atoms with Crippen molar-refractivity contribution in [2.45, 2.75) is 32.9 Å². The van der Waals surface area contributed by atoms with Gasteiger partial charge in [0.05, 0.1) is 5.69 Å². The van der Waals surface area contributed by atoms with Gasteiger partial charge in [-0.05, 0) is 39.0 Å². The molecule has 0 aliphatic rings. The van der Waals surface area contributed by atoms with Crippen LogP contribution in [0.3, 0.4) is 0 Å². The van der Waals surface area contributed by atoms with Crippen LogP contribution < -0.4 is 5.32 Å². The number of hydrogen-bond donors (Lipinski definition) is 1. The lowest BCUT2D eigenvalue weighted by Gasteiger charge is -2.19. The minimum atomic E-state index is -0.888. The molecule has 0 saturated heterocycles. The van der Waals surface area contributed by atoms with Gasteiger partial charge < -0.3 is 5.32 Å². The van der Waals surface area contributed by atoms with E-state index in [-0.39, 0.29) is 11.2 Å². The van der Waals surface area contributed by atoms with Gasteiger partial charge in [0.25, 0.3) is 0 Å². The predicted molar refractivity (Wildman–Crippen MR) is 70.1 cm³/mol. The van der Waals surface area contributed by atoms with Crippen LogP contribution in [0.5, 0.6) is 0 Å². The summed E-state index contributed by atoms with van der Waals surface area (Å²) in [6, 6.07) is 5.82. The molecule has 0 saturated carbocycles. The van der Waals surface area contributed by atoms with Crippen LogP contribution >= 0.6 is 0 Å². The summed E-state index contributed by atoms with van der Waals surface area (Å²) in [6.45, 7) is 6.73. The Morgan fingerprint density at radius 3 is 2.63 bits per heavy atom. The van der Waals surface area contributed by atoms with Crippen LogP contribution in [0.4, 0.5) is 8.78 Å². The Hall–Kier alpha value is -1.75. The first-order chi connectivity index (χ1) is 8.87. The Morgan fingerprint density at radius 1 is 1.21 bits per heavy atom. The Bertz CT molecular complexity index is 570. The molecule has 0 bridgehead atoms. The van der Waals surface area contributed by atoms with Crippen molar-refractivity contribution in [2.24, 2.45) is 0 Å². The van der Waals surface area contributed by atoms with Crippen LogP contribution in [0, 0.1) is 11.6 Å². The molecule has 102 valence electrons. The van der Waals surface area contributed by atoms with Gasteiger partial charge in [0.2, 0.25) is 0 Å². The number of benzene rings is 1. The zero-order valence-electron chi connectivity index (χ0n) is 11.2. The second-order valence-corrected chi connectivity index (χ2v) is 5.43. The molecule has 0 atom stereocenters. The molecule has 0 unspecified atom stereocenters. The van der Waals surface area contributed by atoms with E-state index in [1.165, 1.54) is 16.8 Å². The number of nitrogens with zero attached hydrogens (tertiary/aromatic N) is 2. The summed E-state index contributed by atoms with van der Waals surface area (Å²) in [7, 11) is 0. The van der Waals surface area contributed by atoms with Gasteiger partial charge >= 0.3 is 0 Å². The first kappa shape index (κ1) is 13.7. The Kier molecular flexibility index (Phi) is 3.66. The van der Waals surface area contributed by atoms with E-state index in [4.69, 9.17) is 0 Å².